The third kappa shape index (κ3) is 3.57. The van der Waals surface area contributed by atoms with Gasteiger partial charge in [0.05, 0.1) is 0 Å². The predicted octanol–water partition coefficient (Wildman–Crippen LogP) is 4.02. The highest BCUT2D eigenvalue weighted by Crippen LogP contribution is 2.50. The SMILES string of the molecule is CC(C)(C)OC(=O)N[C@@]1(C)CC[C@@H](CN=[N+]=[N-])C1(C)C. The number of hydrogen-bond donors (Lipinski definition) is 1. The lowest BCUT2D eigenvalue weighted by atomic mass is 9.71. The first-order chi connectivity index (χ1) is 9.02. The van der Waals surface area contributed by atoms with Gasteiger partial charge in [0.25, 0.3) is 0 Å². The summed E-state index contributed by atoms with van der Waals surface area (Å²) in [6, 6.07) is 0. The van der Waals surface area contributed by atoms with Crippen LogP contribution in [-0.4, -0.2) is 23.8 Å². The van der Waals surface area contributed by atoms with Crippen LogP contribution < -0.4 is 5.32 Å². The number of hydrogen-bond acceptors (Lipinski definition) is 3. The van der Waals surface area contributed by atoms with Crippen LogP contribution in [0.5, 0.6) is 0 Å². The number of ether oxygens (including phenoxy) is 1. The van der Waals surface area contributed by atoms with Crippen LogP contribution in [0.1, 0.15) is 54.4 Å². The summed E-state index contributed by atoms with van der Waals surface area (Å²) in [5.74, 6) is 0.262. The predicted molar refractivity (Wildman–Crippen MR) is 78.3 cm³/mol. The van der Waals surface area contributed by atoms with Crippen LogP contribution >= 0.6 is 0 Å². The van der Waals surface area contributed by atoms with Gasteiger partial charge >= 0.3 is 6.09 Å². The Labute approximate surface area is 120 Å². The summed E-state index contributed by atoms with van der Waals surface area (Å²) in [5.41, 5.74) is 7.45. The van der Waals surface area contributed by atoms with E-state index in [1.165, 1.54) is 0 Å². The average molecular weight is 282 g/mol. The fraction of sp³-hybridized carbons (Fsp3) is 0.929. The standard InChI is InChI=1S/C14H26N4O2/c1-12(2,3)20-11(19)17-14(6)8-7-10(9-16-18-15)13(14,4)5/h10H,7-9H2,1-6H3,(H,17,19)/t10-,14-/m0/s1. The fourth-order valence-corrected chi connectivity index (χ4v) is 2.80. The molecule has 0 aliphatic heterocycles. The molecular formula is C14H26N4O2. The summed E-state index contributed by atoms with van der Waals surface area (Å²) in [4.78, 5) is 14.8. The Morgan fingerprint density at radius 1 is 1.45 bits per heavy atom. The highest BCUT2D eigenvalue weighted by atomic mass is 16.6. The number of rotatable bonds is 3. The van der Waals surface area contributed by atoms with Gasteiger partial charge in [-0.05, 0) is 57.4 Å². The van der Waals surface area contributed by atoms with Crippen LogP contribution in [0.2, 0.25) is 0 Å². The molecule has 2 atom stereocenters. The molecule has 0 aromatic carbocycles. The molecule has 0 aromatic heterocycles. The first kappa shape index (κ1) is 16.6. The van der Waals surface area contributed by atoms with Gasteiger partial charge in [-0.15, -0.1) is 0 Å². The molecule has 0 unspecified atom stereocenters. The zero-order chi connectivity index (χ0) is 15.6. The van der Waals surface area contributed by atoms with Crippen molar-refractivity contribution in [3.63, 3.8) is 0 Å². The maximum Gasteiger partial charge on any atom is 0.408 e. The molecule has 0 radical (unpaired) electrons. The van der Waals surface area contributed by atoms with E-state index in [0.717, 1.165) is 12.8 Å². The third-order valence-corrected chi connectivity index (χ3v) is 4.58. The van der Waals surface area contributed by atoms with E-state index in [-0.39, 0.29) is 16.9 Å². The summed E-state index contributed by atoms with van der Waals surface area (Å²) in [6.07, 6.45) is 1.39. The Bertz CT molecular complexity index is 421. The number of nitrogens with one attached hydrogen (secondary N) is 1. The van der Waals surface area contributed by atoms with Crippen LogP contribution in [0, 0.1) is 11.3 Å². The Morgan fingerprint density at radius 3 is 2.55 bits per heavy atom. The van der Waals surface area contributed by atoms with Gasteiger partial charge in [0, 0.05) is 17.0 Å². The zero-order valence-corrected chi connectivity index (χ0v) is 13.4. The molecule has 6 heteroatoms. The number of azide groups is 1. The normalized spacial score (nSPS) is 28.6. The van der Waals surface area contributed by atoms with Gasteiger partial charge in [-0.2, -0.15) is 0 Å². The third-order valence-electron chi connectivity index (χ3n) is 4.58. The van der Waals surface area contributed by atoms with Gasteiger partial charge < -0.3 is 10.1 Å². The molecule has 1 N–H and O–H groups in total. The van der Waals surface area contributed by atoms with Crippen LogP contribution in [-0.2, 0) is 4.74 Å². The topological polar surface area (TPSA) is 87.1 Å². The molecule has 1 aliphatic rings. The number of alkyl carbamates (subject to hydrolysis) is 1. The van der Waals surface area contributed by atoms with Gasteiger partial charge in [0.2, 0.25) is 0 Å². The lowest BCUT2D eigenvalue weighted by molar-refractivity contribution is 0.0354. The maximum absolute atomic E-state index is 12.0. The van der Waals surface area contributed by atoms with Gasteiger partial charge in [-0.25, -0.2) is 4.79 Å². The van der Waals surface area contributed by atoms with Crippen molar-refractivity contribution in [1.29, 1.82) is 0 Å². The van der Waals surface area contributed by atoms with Crippen molar-refractivity contribution in [3.8, 4) is 0 Å². The van der Waals surface area contributed by atoms with E-state index in [9.17, 15) is 4.79 Å². The second-order valence-electron chi connectivity index (χ2n) is 7.33. The van der Waals surface area contributed by atoms with E-state index >= 15 is 0 Å². The Balaban J connectivity index is 2.78. The van der Waals surface area contributed by atoms with E-state index in [1.807, 2.05) is 27.7 Å². The monoisotopic (exact) mass is 282 g/mol. The molecule has 1 rings (SSSR count). The summed E-state index contributed by atoms with van der Waals surface area (Å²) in [7, 11) is 0. The molecule has 0 saturated heterocycles. The van der Waals surface area contributed by atoms with E-state index < -0.39 is 11.7 Å². The molecule has 0 heterocycles. The van der Waals surface area contributed by atoms with Gasteiger partial charge in [-0.3, -0.25) is 0 Å². The summed E-state index contributed by atoms with van der Waals surface area (Å²) >= 11 is 0. The number of nitrogens with zero attached hydrogens (tertiary/aromatic N) is 3. The first-order valence-corrected chi connectivity index (χ1v) is 7.04. The smallest absolute Gasteiger partial charge is 0.408 e. The Kier molecular flexibility index (Phi) is 4.59. The maximum atomic E-state index is 12.0. The molecule has 0 spiro atoms. The second-order valence-corrected chi connectivity index (χ2v) is 7.33. The van der Waals surface area contributed by atoms with Gasteiger partial charge in [-0.1, -0.05) is 19.0 Å². The van der Waals surface area contributed by atoms with Crippen LogP contribution in [0.4, 0.5) is 4.79 Å². The Morgan fingerprint density at radius 2 is 2.05 bits per heavy atom. The molecule has 0 aromatic rings. The van der Waals surface area contributed by atoms with Gasteiger partial charge in [0.1, 0.15) is 5.60 Å². The minimum absolute atomic E-state index is 0.155. The Hall–Kier alpha value is -1.42. The minimum Gasteiger partial charge on any atom is -0.444 e. The van der Waals surface area contributed by atoms with Gasteiger partial charge in [0.15, 0.2) is 0 Å². The molecule has 114 valence electrons. The first-order valence-electron chi connectivity index (χ1n) is 7.04. The molecule has 1 amide bonds. The van der Waals surface area contributed by atoms with Crippen molar-refractivity contribution in [2.45, 2.75) is 65.5 Å². The van der Waals surface area contributed by atoms with Crippen molar-refractivity contribution in [2.75, 3.05) is 6.54 Å². The highest BCUT2D eigenvalue weighted by Gasteiger charge is 2.52. The molecule has 1 aliphatic carbocycles. The summed E-state index contributed by atoms with van der Waals surface area (Å²) < 4.78 is 5.34. The minimum atomic E-state index is -0.506. The zero-order valence-electron chi connectivity index (χ0n) is 13.4. The lowest BCUT2D eigenvalue weighted by Crippen LogP contribution is -2.55. The van der Waals surface area contributed by atoms with Crippen molar-refractivity contribution in [1.82, 2.24) is 5.32 Å². The number of carbonyl (C=O) groups excluding carboxylic acids is 1. The van der Waals surface area contributed by atoms with Crippen molar-refractivity contribution >= 4 is 6.09 Å². The molecule has 6 nitrogen and oxygen atoms in total. The summed E-state index contributed by atoms with van der Waals surface area (Å²) in [6.45, 7) is 12.3. The van der Waals surface area contributed by atoms with E-state index in [1.54, 1.807) is 0 Å². The lowest BCUT2D eigenvalue weighted by Gasteiger charge is -2.42. The quantitative estimate of drug-likeness (QED) is 0.481. The van der Waals surface area contributed by atoms with Crippen LogP contribution in [0.15, 0.2) is 5.11 Å². The van der Waals surface area contributed by atoms with Crippen molar-refractivity contribution < 1.29 is 9.53 Å². The van der Waals surface area contributed by atoms with E-state index in [2.05, 4.69) is 29.2 Å². The second kappa shape index (κ2) is 5.52. The van der Waals surface area contributed by atoms with Crippen molar-refractivity contribution in [3.05, 3.63) is 10.4 Å². The van der Waals surface area contributed by atoms with Crippen LogP contribution in [0.25, 0.3) is 10.4 Å². The molecular weight excluding hydrogens is 256 g/mol. The molecule has 1 saturated carbocycles. The molecule has 20 heavy (non-hydrogen) atoms. The van der Waals surface area contributed by atoms with Crippen molar-refractivity contribution in [2.24, 2.45) is 16.4 Å². The summed E-state index contributed by atoms with van der Waals surface area (Å²) in [5, 5.41) is 6.70. The van der Waals surface area contributed by atoms with Crippen LogP contribution in [0.3, 0.4) is 0 Å². The van der Waals surface area contributed by atoms with E-state index in [0.29, 0.717) is 6.54 Å². The number of amides is 1. The molecule has 1 fully saturated rings. The fourth-order valence-electron chi connectivity index (χ4n) is 2.80. The van der Waals surface area contributed by atoms with E-state index in [4.69, 9.17) is 10.3 Å². The average Bonchev–Trinajstić information content (AvgIpc) is 2.45. The molecule has 0 bridgehead atoms. The largest absolute Gasteiger partial charge is 0.444 e. The number of carbonyl (C=O) groups is 1. The highest BCUT2D eigenvalue weighted by molar-refractivity contribution is 5.69.